The molecule has 0 radical (unpaired) electrons. The van der Waals surface area contributed by atoms with Gasteiger partial charge in [-0.25, -0.2) is 0 Å². The first kappa shape index (κ1) is 17.9. The van der Waals surface area contributed by atoms with Crippen molar-refractivity contribution in [1.82, 2.24) is 10.2 Å². The average Bonchev–Trinajstić information content (AvgIpc) is 3.00. The van der Waals surface area contributed by atoms with Gasteiger partial charge in [-0.15, -0.1) is 0 Å². The lowest BCUT2D eigenvalue weighted by Crippen LogP contribution is -2.60. The van der Waals surface area contributed by atoms with Crippen molar-refractivity contribution in [2.45, 2.75) is 83.9 Å². The van der Waals surface area contributed by atoms with Gasteiger partial charge in [-0.3, -0.25) is 4.90 Å². The minimum absolute atomic E-state index is 0.289. The lowest BCUT2D eigenvalue weighted by molar-refractivity contribution is 0.0380. The molecule has 1 aliphatic heterocycles. The molecule has 0 saturated carbocycles. The molecule has 2 unspecified atom stereocenters. The lowest BCUT2D eigenvalue weighted by Gasteiger charge is -2.48. The van der Waals surface area contributed by atoms with Gasteiger partial charge in [-0.1, -0.05) is 27.7 Å². The van der Waals surface area contributed by atoms with Gasteiger partial charge in [-0.05, 0) is 58.7 Å². The Labute approximate surface area is 126 Å². The zero-order valence-corrected chi connectivity index (χ0v) is 14.4. The summed E-state index contributed by atoms with van der Waals surface area (Å²) in [6, 6.07) is 0.557. The van der Waals surface area contributed by atoms with Crippen LogP contribution < -0.4 is 5.32 Å². The third-order valence-electron chi connectivity index (χ3n) is 5.42. The summed E-state index contributed by atoms with van der Waals surface area (Å²) in [7, 11) is 2.13. The fraction of sp³-hybridized carbons (Fsp3) is 1.00. The summed E-state index contributed by atoms with van der Waals surface area (Å²) in [6.45, 7) is 12.5. The molecule has 1 heterocycles. The largest absolute Gasteiger partial charge is 0.378 e. The van der Waals surface area contributed by atoms with Crippen molar-refractivity contribution >= 4 is 0 Å². The molecule has 1 N–H and O–H groups in total. The minimum atomic E-state index is 0.289. The molecule has 1 aliphatic rings. The van der Waals surface area contributed by atoms with E-state index in [1.54, 1.807) is 0 Å². The molecule has 2 atom stereocenters. The minimum Gasteiger partial charge on any atom is -0.378 e. The lowest BCUT2D eigenvalue weighted by atomic mass is 9.79. The van der Waals surface area contributed by atoms with Crippen molar-refractivity contribution in [3.8, 4) is 0 Å². The van der Waals surface area contributed by atoms with Crippen LogP contribution in [-0.4, -0.2) is 49.3 Å². The molecular weight excluding hydrogens is 248 g/mol. The summed E-state index contributed by atoms with van der Waals surface area (Å²) < 4.78 is 5.80. The second-order valence-electron chi connectivity index (χ2n) is 6.04. The maximum atomic E-state index is 5.80. The monoisotopic (exact) mass is 284 g/mol. The van der Waals surface area contributed by atoms with E-state index in [0.29, 0.717) is 12.1 Å². The van der Waals surface area contributed by atoms with E-state index >= 15 is 0 Å². The Kier molecular flexibility index (Phi) is 8.08. The first-order valence-electron chi connectivity index (χ1n) is 8.72. The van der Waals surface area contributed by atoms with E-state index in [1.165, 1.54) is 38.5 Å². The van der Waals surface area contributed by atoms with E-state index in [9.17, 15) is 0 Å². The number of ether oxygens (including phenoxy) is 1. The molecule has 0 aromatic heterocycles. The van der Waals surface area contributed by atoms with Gasteiger partial charge in [0.05, 0.1) is 6.10 Å². The third kappa shape index (κ3) is 3.96. The maximum Gasteiger partial charge on any atom is 0.0576 e. The molecule has 120 valence electrons. The molecule has 3 nitrogen and oxygen atoms in total. The van der Waals surface area contributed by atoms with Crippen molar-refractivity contribution in [3.63, 3.8) is 0 Å². The van der Waals surface area contributed by atoms with Crippen LogP contribution >= 0.6 is 0 Å². The fourth-order valence-corrected chi connectivity index (χ4v) is 4.17. The van der Waals surface area contributed by atoms with Gasteiger partial charge in [0, 0.05) is 18.2 Å². The van der Waals surface area contributed by atoms with E-state index in [4.69, 9.17) is 4.74 Å². The quantitative estimate of drug-likeness (QED) is 0.665. The molecule has 0 bridgehead atoms. The van der Waals surface area contributed by atoms with Crippen LogP contribution in [0.25, 0.3) is 0 Å². The first-order valence-corrected chi connectivity index (χ1v) is 8.72. The number of hydrogen-bond donors (Lipinski definition) is 1. The normalized spacial score (nSPS) is 21.6. The molecule has 0 aliphatic carbocycles. The highest BCUT2D eigenvalue weighted by molar-refractivity contribution is 4.98. The Morgan fingerprint density at radius 1 is 1.20 bits per heavy atom. The Morgan fingerprint density at radius 3 is 2.25 bits per heavy atom. The van der Waals surface area contributed by atoms with Crippen molar-refractivity contribution in [2.24, 2.45) is 0 Å². The second kappa shape index (κ2) is 9.01. The molecule has 0 spiro atoms. The Bertz CT molecular complexity index is 243. The zero-order valence-electron chi connectivity index (χ0n) is 14.4. The van der Waals surface area contributed by atoms with Gasteiger partial charge < -0.3 is 10.1 Å². The standard InChI is InChI=1S/C17H36N2O/c1-6-17(7-2,19(8-3)9-4)16(18-5)13-12-15-11-10-14-20-15/h15-16,18H,6-14H2,1-5H3. The smallest absolute Gasteiger partial charge is 0.0576 e. The van der Waals surface area contributed by atoms with Gasteiger partial charge in [0.25, 0.3) is 0 Å². The number of hydrogen-bond acceptors (Lipinski definition) is 3. The molecule has 1 rings (SSSR count). The van der Waals surface area contributed by atoms with Crippen LogP contribution in [0.3, 0.4) is 0 Å². The molecular formula is C17H36N2O. The molecule has 1 fully saturated rings. The molecule has 0 aromatic carbocycles. The van der Waals surface area contributed by atoms with Gasteiger partial charge >= 0.3 is 0 Å². The summed E-state index contributed by atoms with van der Waals surface area (Å²) in [5, 5.41) is 3.62. The number of nitrogens with one attached hydrogen (secondary N) is 1. The molecule has 3 heteroatoms. The predicted octanol–water partition coefficient (Wildman–Crippen LogP) is 3.43. The topological polar surface area (TPSA) is 24.5 Å². The predicted molar refractivity (Wildman–Crippen MR) is 87.3 cm³/mol. The van der Waals surface area contributed by atoms with E-state index in [-0.39, 0.29) is 5.54 Å². The second-order valence-corrected chi connectivity index (χ2v) is 6.04. The molecule has 0 amide bonds. The highest BCUT2D eigenvalue weighted by Crippen LogP contribution is 2.31. The average molecular weight is 284 g/mol. The van der Waals surface area contributed by atoms with Crippen LogP contribution in [0.2, 0.25) is 0 Å². The van der Waals surface area contributed by atoms with Crippen molar-refractivity contribution in [1.29, 1.82) is 0 Å². The third-order valence-corrected chi connectivity index (χ3v) is 5.42. The number of rotatable bonds is 10. The SMILES string of the molecule is CCN(CC)C(CC)(CC)C(CCC1CCCO1)NC. The maximum absolute atomic E-state index is 5.80. The van der Waals surface area contributed by atoms with E-state index in [2.05, 4.69) is 45.0 Å². The van der Waals surface area contributed by atoms with Crippen LogP contribution in [0.1, 0.15) is 66.2 Å². The summed E-state index contributed by atoms with van der Waals surface area (Å²) in [6.07, 6.45) is 7.86. The van der Waals surface area contributed by atoms with Gasteiger partial charge in [-0.2, -0.15) is 0 Å². The summed E-state index contributed by atoms with van der Waals surface area (Å²) >= 11 is 0. The van der Waals surface area contributed by atoms with Crippen LogP contribution in [0.15, 0.2) is 0 Å². The van der Waals surface area contributed by atoms with E-state index in [1.807, 2.05) is 0 Å². The number of likely N-dealkylation sites (N-methyl/N-ethyl adjacent to an activating group) is 2. The van der Waals surface area contributed by atoms with Gasteiger partial charge in [0.15, 0.2) is 0 Å². The van der Waals surface area contributed by atoms with Crippen LogP contribution in [0, 0.1) is 0 Å². The Hall–Kier alpha value is -0.120. The highest BCUT2D eigenvalue weighted by Gasteiger charge is 2.39. The summed E-state index contributed by atoms with van der Waals surface area (Å²) in [4.78, 5) is 2.66. The van der Waals surface area contributed by atoms with Crippen LogP contribution in [0.5, 0.6) is 0 Å². The highest BCUT2D eigenvalue weighted by atomic mass is 16.5. The van der Waals surface area contributed by atoms with Crippen molar-refractivity contribution in [2.75, 3.05) is 26.7 Å². The Balaban J connectivity index is 2.73. The Morgan fingerprint density at radius 2 is 1.85 bits per heavy atom. The van der Waals surface area contributed by atoms with E-state index in [0.717, 1.165) is 19.7 Å². The first-order chi connectivity index (χ1) is 9.68. The molecule has 1 saturated heterocycles. The molecule has 20 heavy (non-hydrogen) atoms. The number of nitrogens with zero attached hydrogens (tertiary/aromatic N) is 1. The van der Waals surface area contributed by atoms with Crippen molar-refractivity contribution < 1.29 is 4.74 Å². The molecule has 0 aromatic rings. The summed E-state index contributed by atoms with van der Waals surface area (Å²) in [5.74, 6) is 0. The fourth-order valence-electron chi connectivity index (χ4n) is 4.17. The van der Waals surface area contributed by atoms with Crippen LogP contribution in [-0.2, 0) is 4.74 Å². The van der Waals surface area contributed by atoms with Gasteiger partial charge in [0.2, 0.25) is 0 Å². The van der Waals surface area contributed by atoms with Crippen LogP contribution in [0.4, 0.5) is 0 Å². The summed E-state index contributed by atoms with van der Waals surface area (Å²) in [5.41, 5.74) is 0.289. The van der Waals surface area contributed by atoms with Crippen molar-refractivity contribution in [3.05, 3.63) is 0 Å². The zero-order chi connectivity index (χ0) is 15.0. The van der Waals surface area contributed by atoms with E-state index < -0.39 is 0 Å². The van der Waals surface area contributed by atoms with Gasteiger partial charge in [0.1, 0.15) is 0 Å².